The van der Waals surface area contributed by atoms with Crippen molar-refractivity contribution in [3.05, 3.63) is 79.7 Å². The molecule has 0 saturated heterocycles. The number of rotatable bonds is 5. The molecule has 0 spiro atoms. The lowest BCUT2D eigenvalue weighted by Crippen LogP contribution is -2.42. The first-order valence-electron chi connectivity index (χ1n) is 8.70. The molecule has 0 unspecified atom stereocenters. The average Bonchev–Trinajstić information content (AvgIpc) is 3.06. The van der Waals surface area contributed by atoms with E-state index in [-0.39, 0.29) is 17.7 Å². The zero-order valence-electron chi connectivity index (χ0n) is 15.8. The molecule has 3 rings (SSSR count). The van der Waals surface area contributed by atoms with Crippen molar-refractivity contribution in [3.8, 4) is 11.3 Å². The Morgan fingerprint density at radius 1 is 1.10 bits per heavy atom. The summed E-state index contributed by atoms with van der Waals surface area (Å²) >= 11 is 1.42. The van der Waals surface area contributed by atoms with Crippen LogP contribution in [-0.4, -0.2) is 21.7 Å². The van der Waals surface area contributed by atoms with Crippen molar-refractivity contribution < 1.29 is 14.5 Å². The van der Waals surface area contributed by atoms with Crippen molar-refractivity contribution in [1.82, 2.24) is 15.8 Å². The van der Waals surface area contributed by atoms with Gasteiger partial charge < -0.3 is 0 Å². The Labute approximate surface area is 170 Å². The number of hydrogen-bond acceptors (Lipinski definition) is 6. The molecule has 0 aliphatic rings. The number of carbonyl (C=O) groups excluding carboxylic acids is 2. The van der Waals surface area contributed by atoms with Crippen LogP contribution in [0.2, 0.25) is 0 Å². The minimum Gasteiger partial charge on any atom is -0.273 e. The number of hydrogen-bond donors (Lipinski definition) is 2. The highest BCUT2D eigenvalue weighted by Crippen LogP contribution is 2.28. The lowest BCUT2D eigenvalue weighted by molar-refractivity contribution is -0.384. The maximum absolute atomic E-state index is 12.3. The molecular weight excluding hydrogens is 392 g/mol. The zero-order valence-corrected chi connectivity index (χ0v) is 16.6. The molecule has 3 aromatic rings. The summed E-state index contributed by atoms with van der Waals surface area (Å²) in [6.45, 7) is 3.86. The van der Waals surface area contributed by atoms with Gasteiger partial charge in [0.2, 0.25) is 5.91 Å². The van der Waals surface area contributed by atoms with E-state index >= 15 is 0 Å². The normalized spacial score (nSPS) is 10.4. The van der Waals surface area contributed by atoms with E-state index in [1.165, 1.54) is 29.5 Å². The fourth-order valence-corrected chi connectivity index (χ4v) is 3.63. The van der Waals surface area contributed by atoms with Gasteiger partial charge in [-0.1, -0.05) is 35.9 Å². The predicted molar refractivity (Wildman–Crippen MR) is 109 cm³/mol. The minimum atomic E-state index is -0.638. The Bertz CT molecular complexity index is 1080. The van der Waals surface area contributed by atoms with Crippen LogP contribution in [-0.2, 0) is 11.2 Å². The highest BCUT2D eigenvalue weighted by molar-refractivity contribution is 7.12. The van der Waals surface area contributed by atoms with E-state index in [9.17, 15) is 19.7 Å². The summed E-state index contributed by atoms with van der Waals surface area (Å²) in [4.78, 5) is 40.0. The maximum Gasteiger partial charge on any atom is 0.270 e. The Balaban J connectivity index is 1.66. The van der Waals surface area contributed by atoms with Gasteiger partial charge in [-0.15, -0.1) is 11.3 Å². The molecule has 1 aromatic heterocycles. The number of aromatic nitrogens is 1. The summed E-state index contributed by atoms with van der Waals surface area (Å²) in [6.07, 6.45) is 0.0456. The van der Waals surface area contributed by atoms with Crippen molar-refractivity contribution in [2.45, 2.75) is 20.3 Å². The third-order valence-corrected chi connectivity index (χ3v) is 5.06. The van der Waals surface area contributed by atoms with E-state index in [2.05, 4.69) is 15.8 Å². The SMILES string of the molecule is Cc1ccc(-c2nc(C)sc2CC(=O)NNC(=O)c2cccc([N+](=O)[O-])c2)cc1. The van der Waals surface area contributed by atoms with Gasteiger partial charge in [-0.05, 0) is 19.9 Å². The number of carbonyl (C=O) groups is 2. The summed E-state index contributed by atoms with van der Waals surface area (Å²) in [5, 5.41) is 11.7. The van der Waals surface area contributed by atoms with Gasteiger partial charge in [-0.25, -0.2) is 4.98 Å². The van der Waals surface area contributed by atoms with Crippen LogP contribution in [0.25, 0.3) is 11.3 Å². The van der Waals surface area contributed by atoms with Crippen LogP contribution >= 0.6 is 11.3 Å². The number of benzene rings is 2. The number of hydrazine groups is 1. The van der Waals surface area contributed by atoms with Crippen molar-refractivity contribution in [2.75, 3.05) is 0 Å². The Kier molecular flexibility index (Phi) is 5.99. The second-order valence-electron chi connectivity index (χ2n) is 6.36. The van der Waals surface area contributed by atoms with Crippen LogP contribution in [0.4, 0.5) is 5.69 Å². The molecule has 148 valence electrons. The third kappa shape index (κ3) is 5.02. The van der Waals surface area contributed by atoms with Gasteiger partial charge in [0.15, 0.2) is 0 Å². The maximum atomic E-state index is 12.3. The topological polar surface area (TPSA) is 114 Å². The molecule has 2 amide bonds. The number of aryl methyl sites for hydroxylation is 2. The van der Waals surface area contributed by atoms with Gasteiger partial charge in [0.1, 0.15) is 0 Å². The molecule has 0 saturated carbocycles. The predicted octanol–water partition coefficient (Wildman–Crippen LogP) is 3.34. The van der Waals surface area contributed by atoms with E-state index < -0.39 is 16.7 Å². The van der Waals surface area contributed by atoms with Gasteiger partial charge >= 0.3 is 0 Å². The minimum absolute atomic E-state index is 0.0456. The molecule has 29 heavy (non-hydrogen) atoms. The summed E-state index contributed by atoms with van der Waals surface area (Å²) in [5.41, 5.74) is 7.29. The summed E-state index contributed by atoms with van der Waals surface area (Å²) < 4.78 is 0. The monoisotopic (exact) mass is 410 g/mol. The molecule has 0 aliphatic heterocycles. The lowest BCUT2D eigenvalue weighted by Gasteiger charge is -2.08. The van der Waals surface area contributed by atoms with Gasteiger partial charge in [0.05, 0.1) is 22.0 Å². The van der Waals surface area contributed by atoms with Gasteiger partial charge in [0, 0.05) is 28.1 Å². The highest BCUT2D eigenvalue weighted by Gasteiger charge is 2.16. The molecule has 0 bridgehead atoms. The van der Waals surface area contributed by atoms with Crippen molar-refractivity contribution >= 4 is 28.8 Å². The van der Waals surface area contributed by atoms with Crippen molar-refractivity contribution in [3.63, 3.8) is 0 Å². The molecule has 9 heteroatoms. The fourth-order valence-electron chi connectivity index (χ4n) is 2.68. The number of nitrogens with zero attached hydrogens (tertiary/aromatic N) is 2. The number of thiazole rings is 1. The van der Waals surface area contributed by atoms with Gasteiger partial charge in [0.25, 0.3) is 11.6 Å². The Hall–Kier alpha value is -3.59. The van der Waals surface area contributed by atoms with E-state index in [1.807, 2.05) is 38.1 Å². The van der Waals surface area contributed by atoms with Crippen LogP contribution in [0.1, 0.15) is 25.8 Å². The van der Waals surface area contributed by atoms with E-state index in [0.29, 0.717) is 0 Å². The van der Waals surface area contributed by atoms with Crippen LogP contribution in [0, 0.1) is 24.0 Å². The largest absolute Gasteiger partial charge is 0.273 e. The van der Waals surface area contributed by atoms with E-state index in [1.54, 1.807) is 0 Å². The second-order valence-corrected chi connectivity index (χ2v) is 7.64. The highest BCUT2D eigenvalue weighted by atomic mass is 32.1. The van der Waals surface area contributed by atoms with Crippen LogP contribution in [0.5, 0.6) is 0 Å². The number of amides is 2. The van der Waals surface area contributed by atoms with Crippen molar-refractivity contribution in [2.24, 2.45) is 0 Å². The van der Waals surface area contributed by atoms with Crippen LogP contribution < -0.4 is 10.9 Å². The fraction of sp³-hybridized carbons (Fsp3) is 0.150. The first-order chi connectivity index (χ1) is 13.8. The molecule has 0 radical (unpaired) electrons. The zero-order chi connectivity index (χ0) is 21.0. The third-order valence-electron chi connectivity index (χ3n) is 4.09. The average molecular weight is 410 g/mol. The first kappa shape index (κ1) is 20.2. The Morgan fingerprint density at radius 3 is 2.52 bits per heavy atom. The van der Waals surface area contributed by atoms with E-state index in [0.717, 1.165) is 32.8 Å². The number of non-ortho nitro benzene ring substituents is 1. The van der Waals surface area contributed by atoms with Gasteiger partial charge in [-0.2, -0.15) is 0 Å². The second kappa shape index (κ2) is 8.61. The standard InChI is InChI=1S/C20H18N4O4S/c1-12-6-8-14(9-7-12)19-17(29-13(2)21-19)11-18(25)22-23-20(26)15-4-3-5-16(10-15)24(27)28/h3-10H,11H2,1-2H3,(H,22,25)(H,23,26). The summed E-state index contributed by atoms with van der Waals surface area (Å²) in [7, 11) is 0. The molecular formula is C20H18N4O4S. The molecule has 0 atom stereocenters. The first-order valence-corrected chi connectivity index (χ1v) is 9.52. The molecule has 8 nitrogen and oxygen atoms in total. The molecule has 0 aliphatic carbocycles. The lowest BCUT2D eigenvalue weighted by atomic mass is 10.1. The molecule has 0 fully saturated rings. The number of nitrogens with one attached hydrogen (secondary N) is 2. The molecule has 2 N–H and O–H groups in total. The molecule has 1 heterocycles. The van der Waals surface area contributed by atoms with Crippen LogP contribution in [0.3, 0.4) is 0 Å². The number of nitro groups is 1. The summed E-state index contributed by atoms with van der Waals surface area (Å²) in [6, 6.07) is 13.1. The molecule has 2 aromatic carbocycles. The quantitative estimate of drug-likeness (QED) is 0.495. The van der Waals surface area contributed by atoms with Gasteiger partial charge in [-0.3, -0.25) is 30.6 Å². The van der Waals surface area contributed by atoms with E-state index in [4.69, 9.17) is 0 Å². The Morgan fingerprint density at radius 2 is 1.83 bits per heavy atom. The van der Waals surface area contributed by atoms with Crippen molar-refractivity contribution in [1.29, 1.82) is 0 Å². The number of nitro benzene ring substituents is 1. The summed E-state index contributed by atoms with van der Waals surface area (Å²) in [5.74, 6) is -1.05. The van der Waals surface area contributed by atoms with Crippen LogP contribution in [0.15, 0.2) is 48.5 Å². The smallest absolute Gasteiger partial charge is 0.270 e.